The fourth-order valence-corrected chi connectivity index (χ4v) is 12.9. The summed E-state index contributed by atoms with van der Waals surface area (Å²) >= 11 is 0. The summed E-state index contributed by atoms with van der Waals surface area (Å²) in [7, 11) is 2.91. The first-order valence-electron chi connectivity index (χ1n) is 35.6. The molecule has 0 bridgehead atoms. The molecule has 10 atom stereocenters. The highest BCUT2D eigenvalue weighted by Crippen LogP contribution is 2.39. The molecule has 0 spiro atoms. The largest absolute Gasteiger partial charge is 0.493 e. The molecule has 106 heavy (non-hydrogen) atoms. The van der Waals surface area contributed by atoms with E-state index in [9.17, 15) is 59.4 Å². The number of hydrogen-bond acceptors (Lipinski definition) is 27. The first-order chi connectivity index (χ1) is 51.1. The number of hydrogen-bond donors (Lipinski definition) is 8. The number of benzene rings is 4. The van der Waals surface area contributed by atoms with Crippen LogP contribution < -0.4 is 34.3 Å². The van der Waals surface area contributed by atoms with Crippen LogP contribution in [0.4, 0.5) is 21.0 Å². The molecule has 578 valence electrons. The number of nitrogens with zero attached hydrogens (tertiary/aromatic N) is 2. The summed E-state index contributed by atoms with van der Waals surface area (Å²) in [6.45, 7) is 13.9. The topological polar surface area (TPSA) is 393 Å². The minimum Gasteiger partial charge on any atom is -0.493 e. The van der Waals surface area contributed by atoms with Crippen molar-refractivity contribution < 1.29 is 130 Å². The van der Waals surface area contributed by atoms with E-state index in [0.29, 0.717) is 107 Å². The summed E-state index contributed by atoms with van der Waals surface area (Å²) in [6.07, 6.45) is -11.3. The molecule has 0 radical (unpaired) electrons. The van der Waals surface area contributed by atoms with Crippen molar-refractivity contribution in [2.75, 3.05) is 111 Å². The lowest BCUT2D eigenvalue weighted by Gasteiger charge is -2.35. The zero-order valence-electron chi connectivity index (χ0n) is 59.9. The van der Waals surface area contributed by atoms with Gasteiger partial charge in [-0.3, -0.25) is 29.8 Å². The van der Waals surface area contributed by atoms with Gasteiger partial charge in [0.1, 0.15) is 67.1 Å². The van der Waals surface area contributed by atoms with Gasteiger partial charge in [0.15, 0.2) is 35.6 Å². The highest BCUT2D eigenvalue weighted by Gasteiger charge is 2.44. The number of likely N-dealkylation sites (tertiary alicyclic amines) is 2. The van der Waals surface area contributed by atoms with Gasteiger partial charge in [-0.1, -0.05) is 43.4 Å². The predicted molar refractivity (Wildman–Crippen MR) is 375 cm³/mol. The quantitative estimate of drug-likeness (QED) is 0.0148. The van der Waals surface area contributed by atoms with E-state index < -0.39 is 97.9 Å². The van der Waals surface area contributed by atoms with Gasteiger partial charge in [-0.25, -0.2) is 9.59 Å². The third-order valence-corrected chi connectivity index (χ3v) is 18.5. The van der Waals surface area contributed by atoms with Crippen molar-refractivity contribution in [2.45, 2.75) is 165 Å². The zero-order chi connectivity index (χ0) is 75.6. The second-order valence-electron chi connectivity index (χ2n) is 26.6. The predicted octanol–water partition coefficient (Wildman–Crippen LogP) is 6.05. The molecule has 4 amide bonds. The number of amides is 4. The van der Waals surface area contributed by atoms with Crippen LogP contribution in [0.25, 0.3) is 0 Å². The molecular formula is C75H96N4O27. The molecule has 6 saturated heterocycles. The standard InChI is InChI=1S/C75H96N4O27/c1-7-19-94-21-12-14-56(81)50-32-46(16-18-60(50)106-73-67(87)65(85)58(83)41-102-73)38-103-74(90)76-51-34-61(44(4)30-47(51)68(88)78-36-42(2)28-53(78)70-97-24-25-98-70)95-22-9-8-10-23-96-63-35-52(48(33-62(63)93-6)69(89)79-37-43(3)29-54(79)71-99-26-27-100-71)77-75(91)104-39-45-15-17-59(49(31-45)55(80)13-11-20-92-5)105-72-66(86)64(84)57(82)40-101-72/h15-18,30-35,53-54,57-58,64-67,70-73,82-87H,2-3,7-14,19-29,36-41H2,1,4-6H3,(H,76,90)(H,77,91)/t53?,54-,57+,58+,64-,65-,66+,67+,72-,73-/m0/s1. The van der Waals surface area contributed by atoms with Crippen LogP contribution >= 0.6 is 0 Å². The molecule has 10 rings (SSSR count). The van der Waals surface area contributed by atoms with Crippen LogP contribution in [0.15, 0.2) is 85.0 Å². The van der Waals surface area contributed by atoms with E-state index in [1.54, 1.807) is 34.9 Å². The van der Waals surface area contributed by atoms with E-state index in [2.05, 4.69) is 23.8 Å². The maximum absolute atomic E-state index is 14.8. The van der Waals surface area contributed by atoms with Gasteiger partial charge in [0, 0.05) is 65.0 Å². The van der Waals surface area contributed by atoms with Crippen LogP contribution in [-0.4, -0.2) is 250 Å². The van der Waals surface area contributed by atoms with Gasteiger partial charge >= 0.3 is 12.2 Å². The summed E-state index contributed by atoms with van der Waals surface area (Å²) in [5.41, 5.74) is 3.20. The lowest BCUT2D eigenvalue weighted by molar-refractivity contribution is -0.242. The van der Waals surface area contributed by atoms with Crippen molar-refractivity contribution >= 4 is 46.9 Å². The number of nitrogens with one attached hydrogen (secondary N) is 2. The molecule has 1 unspecified atom stereocenters. The summed E-state index contributed by atoms with van der Waals surface area (Å²) < 4.78 is 86.7. The Morgan fingerprint density at radius 2 is 0.972 bits per heavy atom. The van der Waals surface area contributed by atoms with Gasteiger partial charge in [0.25, 0.3) is 11.8 Å². The molecule has 0 aliphatic carbocycles. The Morgan fingerprint density at radius 3 is 1.44 bits per heavy atom. The zero-order valence-corrected chi connectivity index (χ0v) is 59.9. The molecule has 31 heteroatoms. The minimum atomic E-state index is -1.65. The van der Waals surface area contributed by atoms with Crippen LogP contribution in [0.3, 0.4) is 0 Å². The Morgan fingerprint density at radius 1 is 0.509 bits per heavy atom. The molecular weight excluding hydrogens is 1390 g/mol. The number of rotatable bonds is 35. The second kappa shape index (κ2) is 38.4. The second-order valence-corrected chi connectivity index (χ2v) is 26.6. The number of aliphatic hydroxyl groups is 6. The summed E-state index contributed by atoms with van der Waals surface area (Å²) in [4.78, 5) is 88.0. The average molecular weight is 1490 g/mol. The van der Waals surface area contributed by atoms with Crippen molar-refractivity contribution in [3.63, 3.8) is 0 Å². The Labute approximate surface area is 613 Å². The van der Waals surface area contributed by atoms with Gasteiger partial charge in [-0.05, 0) is 111 Å². The third-order valence-electron chi connectivity index (χ3n) is 18.5. The number of ether oxygens (including phenoxy) is 15. The van der Waals surface area contributed by atoms with Crippen molar-refractivity contribution in [3.8, 4) is 28.7 Å². The molecule has 4 aromatic carbocycles. The number of anilines is 2. The molecule has 6 fully saturated rings. The van der Waals surface area contributed by atoms with Crippen LogP contribution in [-0.2, 0) is 60.6 Å². The number of Topliss-reactive ketones (excluding diaryl/α,β-unsaturated/α-hetero) is 2. The van der Waals surface area contributed by atoms with Crippen molar-refractivity contribution in [1.82, 2.24) is 9.80 Å². The van der Waals surface area contributed by atoms with E-state index in [4.69, 9.17) is 71.1 Å². The van der Waals surface area contributed by atoms with Crippen LogP contribution in [0, 0.1) is 6.92 Å². The number of ketones is 2. The Bertz CT molecular complexity index is 3730. The molecule has 0 saturated carbocycles. The lowest BCUT2D eigenvalue weighted by atomic mass is 10.0. The van der Waals surface area contributed by atoms with Crippen LogP contribution in [0.5, 0.6) is 28.7 Å². The third kappa shape index (κ3) is 20.6. The molecule has 31 nitrogen and oxygen atoms in total. The van der Waals surface area contributed by atoms with Crippen molar-refractivity contribution in [3.05, 3.63) is 124 Å². The molecule has 4 aromatic rings. The van der Waals surface area contributed by atoms with Gasteiger partial charge in [0.05, 0.1) is 106 Å². The monoisotopic (exact) mass is 1480 g/mol. The van der Waals surface area contributed by atoms with Gasteiger partial charge in [0.2, 0.25) is 12.6 Å². The van der Waals surface area contributed by atoms with Crippen LogP contribution in [0.2, 0.25) is 0 Å². The average Bonchev–Trinajstić information content (AvgIpc) is 1.60. The van der Waals surface area contributed by atoms with Crippen molar-refractivity contribution in [1.29, 1.82) is 0 Å². The Kier molecular flexibility index (Phi) is 29.1. The van der Waals surface area contributed by atoms with E-state index in [0.717, 1.165) is 17.6 Å². The number of aliphatic hydroxyl groups excluding tert-OH is 6. The summed E-state index contributed by atoms with van der Waals surface area (Å²) in [5.74, 6) is -0.950. The number of carbonyl (C=O) groups excluding carboxylic acids is 6. The van der Waals surface area contributed by atoms with Gasteiger partial charge in [-0.15, -0.1) is 0 Å². The molecule has 8 N–H and O–H groups in total. The summed E-state index contributed by atoms with van der Waals surface area (Å²) in [6, 6.07) is 13.9. The molecule has 6 aliphatic heterocycles. The van der Waals surface area contributed by atoms with E-state index in [-0.39, 0.29) is 140 Å². The maximum Gasteiger partial charge on any atom is 0.411 e. The van der Waals surface area contributed by atoms with E-state index in [1.165, 1.54) is 56.7 Å². The van der Waals surface area contributed by atoms with Crippen LogP contribution in [0.1, 0.15) is 129 Å². The fourth-order valence-electron chi connectivity index (χ4n) is 12.9. The smallest absolute Gasteiger partial charge is 0.411 e. The first kappa shape index (κ1) is 80.2. The number of unbranched alkanes of at least 4 members (excludes halogenated alkanes) is 2. The SMILES string of the molecule is C=C1CC(C2OCCO2)N(C(=O)c2cc(C)c(OCCCCCOc3cc(NC(=O)OCc4ccc(O[C@@H]5OC[C@@H](O)[C@H](O)[C@H]5O)c(C(=O)CCCOC)c4)c(C(=O)N4CC(=C)C[C@H]4C4OCCO4)cc3OC)cc2NC(=O)OCc2ccc(O[C@@H]3OC[C@@H](O)[C@H](O)[C@H]3O)c(C(=O)CCCOCCC)c2)C1. The van der Waals surface area contributed by atoms with Gasteiger partial charge in [-0.2, -0.15) is 0 Å². The number of carbonyl (C=O) groups is 6. The minimum absolute atomic E-state index is 0.00541. The number of methoxy groups -OCH3 is 2. The lowest BCUT2D eigenvalue weighted by Crippen LogP contribution is -2.54. The molecule has 6 heterocycles. The molecule has 6 aliphatic rings. The normalized spacial score (nSPS) is 23.4. The first-order valence-corrected chi connectivity index (χ1v) is 35.6. The number of aryl methyl sites for hydroxylation is 1. The molecule has 0 aromatic heterocycles. The highest BCUT2D eigenvalue weighted by molar-refractivity contribution is 6.05. The van der Waals surface area contributed by atoms with Crippen molar-refractivity contribution in [2.24, 2.45) is 0 Å². The van der Waals surface area contributed by atoms with E-state index >= 15 is 0 Å². The Hall–Kier alpha value is -8.38. The summed E-state index contributed by atoms with van der Waals surface area (Å²) in [5, 5.41) is 67.4. The maximum atomic E-state index is 14.8. The highest BCUT2D eigenvalue weighted by atomic mass is 16.7. The fraction of sp³-hybridized carbons (Fsp3) is 0.547. The van der Waals surface area contributed by atoms with E-state index in [1.807, 2.05) is 6.92 Å². The van der Waals surface area contributed by atoms with Gasteiger partial charge < -0.3 is 111 Å². The Balaban J connectivity index is 0.811.